The molecule has 2 aromatic carbocycles. The summed E-state index contributed by atoms with van der Waals surface area (Å²) in [6, 6.07) is 10.4. The van der Waals surface area contributed by atoms with Gasteiger partial charge in [0.15, 0.2) is 9.84 Å². The highest BCUT2D eigenvalue weighted by atomic mass is 32.2. The van der Waals surface area contributed by atoms with Gasteiger partial charge in [0.05, 0.1) is 10.6 Å². The number of hydrogen-bond acceptors (Lipinski definition) is 4. The van der Waals surface area contributed by atoms with Crippen LogP contribution in [0.25, 0.3) is 0 Å². The minimum absolute atomic E-state index is 0.0229. The van der Waals surface area contributed by atoms with Crippen molar-refractivity contribution in [3.05, 3.63) is 53.8 Å². The van der Waals surface area contributed by atoms with E-state index in [0.29, 0.717) is 11.3 Å². The molecule has 106 valence electrons. The van der Waals surface area contributed by atoms with E-state index < -0.39 is 9.84 Å². The maximum Gasteiger partial charge on any atom is 0.175 e. The summed E-state index contributed by atoms with van der Waals surface area (Å²) in [6.45, 7) is 0.0229. The normalized spacial score (nSPS) is 11.3. The number of benzene rings is 2. The van der Waals surface area contributed by atoms with Crippen molar-refractivity contribution in [2.75, 3.05) is 12.0 Å². The Hall–Kier alpha value is -2.08. The van der Waals surface area contributed by atoms with Crippen LogP contribution in [0.15, 0.2) is 47.4 Å². The molecule has 0 radical (unpaired) electrons. The molecule has 0 saturated carbocycles. The highest BCUT2D eigenvalue weighted by molar-refractivity contribution is 7.90. The van der Waals surface area contributed by atoms with Crippen molar-refractivity contribution in [3.8, 4) is 5.75 Å². The number of halogens is 1. The van der Waals surface area contributed by atoms with E-state index in [4.69, 9.17) is 10.5 Å². The molecule has 0 heterocycles. The number of nitrogen functional groups attached to an aromatic ring is 1. The molecule has 0 aliphatic carbocycles. The lowest BCUT2D eigenvalue weighted by atomic mass is 10.2. The van der Waals surface area contributed by atoms with Gasteiger partial charge in [0.2, 0.25) is 0 Å². The van der Waals surface area contributed by atoms with Crippen LogP contribution >= 0.6 is 0 Å². The van der Waals surface area contributed by atoms with E-state index in [1.54, 1.807) is 18.2 Å². The molecule has 0 spiro atoms. The molecule has 4 nitrogen and oxygen atoms in total. The highest BCUT2D eigenvalue weighted by Gasteiger charge is 2.10. The summed E-state index contributed by atoms with van der Waals surface area (Å²) < 4.78 is 41.6. The quantitative estimate of drug-likeness (QED) is 0.879. The third kappa shape index (κ3) is 3.27. The lowest BCUT2D eigenvalue weighted by molar-refractivity contribution is 0.301. The predicted molar refractivity (Wildman–Crippen MR) is 74.7 cm³/mol. The Morgan fingerprint density at radius 2 is 1.90 bits per heavy atom. The van der Waals surface area contributed by atoms with Gasteiger partial charge in [0.25, 0.3) is 0 Å². The summed E-state index contributed by atoms with van der Waals surface area (Å²) in [5.74, 6) is -0.0421. The van der Waals surface area contributed by atoms with Crippen molar-refractivity contribution in [2.45, 2.75) is 11.5 Å². The van der Waals surface area contributed by atoms with Crippen LogP contribution in [0.2, 0.25) is 0 Å². The number of rotatable bonds is 4. The minimum atomic E-state index is -3.31. The summed E-state index contributed by atoms with van der Waals surface area (Å²) >= 11 is 0. The smallest absolute Gasteiger partial charge is 0.175 e. The van der Waals surface area contributed by atoms with Gasteiger partial charge in [-0.25, -0.2) is 12.8 Å². The molecular formula is C14H14FNO3S. The summed E-state index contributed by atoms with van der Waals surface area (Å²) in [4.78, 5) is 0.119. The zero-order valence-electron chi connectivity index (χ0n) is 10.8. The largest absolute Gasteiger partial charge is 0.487 e. The van der Waals surface area contributed by atoms with Gasteiger partial charge in [-0.2, -0.15) is 0 Å². The number of nitrogens with two attached hydrogens (primary N) is 1. The predicted octanol–water partition coefficient (Wildman–Crippen LogP) is 2.39. The number of sulfone groups is 1. The first kappa shape index (κ1) is 14.3. The summed E-state index contributed by atoms with van der Waals surface area (Å²) in [6.07, 6.45) is 1.10. The average Bonchev–Trinajstić information content (AvgIpc) is 2.38. The Kier molecular flexibility index (Phi) is 3.94. The maximum atomic E-state index is 13.4. The van der Waals surface area contributed by atoms with Crippen LogP contribution in [0, 0.1) is 5.82 Å². The van der Waals surface area contributed by atoms with E-state index >= 15 is 0 Å². The molecule has 0 bridgehead atoms. The zero-order valence-corrected chi connectivity index (χ0v) is 11.7. The van der Waals surface area contributed by atoms with Crippen molar-refractivity contribution in [1.29, 1.82) is 0 Å². The maximum absolute atomic E-state index is 13.4. The van der Waals surface area contributed by atoms with Gasteiger partial charge in [0.1, 0.15) is 18.2 Å². The third-order valence-corrected chi connectivity index (χ3v) is 3.86. The van der Waals surface area contributed by atoms with E-state index in [-0.39, 0.29) is 23.0 Å². The van der Waals surface area contributed by atoms with Crippen molar-refractivity contribution < 1.29 is 17.5 Å². The zero-order chi connectivity index (χ0) is 14.8. The molecule has 0 amide bonds. The molecule has 0 aliphatic heterocycles. The van der Waals surface area contributed by atoms with Crippen LogP contribution in [0.3, 0.4) is 0 Å². The molecule has 2 N–H and O–H groups in total. The van der Waals surface area contributed by atoms with Crippen LogP contribution in [0.5, 0.6) is 5.75 Å². The second-order valence-corrected chi connectivity index (χ2v) is 6.37. The van der Waals surface area contributed by atoms with Crippen LogP contribution in [0.1, 0.15) is 5.56 Å². The molecule has 0 fully saturated rings. The van der Waals surface area contributed by atoms with E-state index in [9.17, 15) is 12.8 Å². The second-order valence-electron chi connectivity index (χ2n) is 4.35. The first-order valence-corrected chi connectivity index (χ1v) is 7.73. The van der Waals surface area contributed by atoms with Crippen molar-refractivity contribution >= 4 is 15.5 Å². The molecular weight excluding hydrogens is 281 g/mol. The van der Waals surface area contributed by atoms with Crippen LogP contribution < -0.4 is 10.5 Å². The molecule has 2 rings (SSSR count). The van der Waals surface area contributed by atoms with Crippen LogP contribution in [-0.4, -0.2) is 14.7 Å². The summed E-state index contributed by atoms with van der Waals surface area (Å²) in [7, 11) is -3.31. The van der Waals surface area contributed by atoms with Crippen molar-refractivity contribution in [1.82, 2.24) is 0 Å². The van der Waals surface area contributed by atoms with Crippen LogP contribution in [-0.2, 0) is 16.4 Å². The highest BCUT2D eigenvalue weighted by Crippen LogP contribution is 2.25. The van der Waals surface area contributed by atoms with E-state index in [1.807, 2.05) is 0 Å². The molecule has 0 aromatic heterocycles. The lowest BCUT2D eigenvalue weighted by Crippen LogP contribution is -2.03. The molecule has 0 atom stereocenters. The Morgan fingerprint density at radius 3 is 2.50 bits per heavy atom. The van der Waals surface area contributed by atoms with Crippen molar-refractivity contribution in [3.63, 3.8) is 0 Å². The standard InChI is InChI=1S/C14H14FNO3S/c1-20(17,18)11-6-7-14(13(16)8-11)19-9-10-4-2-3-5-12(10)15/h2-8H,9,16H2,1H3. The Bertz CT molecular complexity index is 729. The Balaban J connectivity index is 2.17. The topological polar surface area (TPSA) is 69.4 Å². The SMILES string of the molecule is CS(=O)(=O)c1ccc(OCc2ccccc2F)c(N)c1. The van der Waals surface area contributed by atoms with Crippen molar-refractivity contribution in [2.24, 2.45) is 0 Å². The van der Waals surface area contributed by atoms with E-state index in [1.165, 1.54) is 24.3 Å². The first-order chi connectivity index (χ1) is 9.38. The molecule has 0 saturated heterocycles. The number of anilines is 1. The fraction of sp³-hybridized carbons (Fsp3) is 0.143. The summed E-state index contributed by atoms with van der Waals surface area (Å²) in [5, 5.41) is 0. The van der Waals surface area contributed by atoms with Gasteiger partial charge in [-0.3, -0.25) is 0 Å². The van der Waals surface area contributed by atoms with E-state index in [0.717, 1.165) is 6.26 Å². The first-order valence-electron chi connectivity index (χ1n) is 5.84. The third-order valence-electron chi connectivity index (χ3n) is 2.75. The molecule has 20 heavy (non-hydrogen) atoms. The average molecular weight is 295 g/mol. The molecule has 0 aliphatic rings. The molecule has 2 aromatic rings. The molecule has 6 heteroatoms. The molecule has 0 unspecified atom stereocenters. The van der Waals surface area contributed by atoms with Gasteiger partial charge in [0, 0.05) is 11.8 Å². The van der Waals surface area contributed by atoms with Gasteiger partial charge in [-0.1, -0.05) is 18.2 Å². The minimum Gasteiger partial charge on any atom is -0.487 e. The van der Waals surface area contributed by atoms with Crippen LogP contribution in [0.4, 0.5) is 10.1 Å². The van der Waals surface area contributed by atoms with E-state index in [2.05, 4.69) is 0 Å². The number of ether oxygens (including phenoxy) is 1. The van der Waals surface area contributed by atoms with Gasteiger partial charge < -0.3 is 10.5 Å². The lowest BCUT2D eigenvalue weighted by Gasteiger charge is -2.10. The Labute approximate surface area is 116 Å². The second kappa shape index (κ2) is 5.50. The monoisotopic (exact) mass is 295 g/mol. The Morgan fingerprint density at radius 1 is 1.20 bits per heavy atom. The van der Waals surface area contributed by atoms with Gasteiger partial charge in [-0.05, 0) is 24.3 Å². The fourth-order valence-electron chi connectivity index (χ4n) is 1.66. The van der Waals surface area contributed by atoms with Gasteiger partial charge >= 0.3 is 0 Å². The number of hydrogen-bond donors (Lipinski definition) is 1. The summed E-state index contributed by atoms with van der Waals surface area (Å²) in [5.41, 5.74) is 6.34. The fourth-order valence-corrected chi connectivity index (χ4v) is 2.32. The van der Waals surface area contributed by atoms with Gasteiger partial charge in [-0.15, -0.1) is 0 Å².